The Morgan fingerprint density at radius 1 is 1.11 bits per heavy atom. The van der Waals surface area contributed by atoms with Gasteiger partial charge in [-0.2, -0.15) is 0 Å². The van der Waals surface area contributed by atoms with Gasteiger partial charge in [0.25, 0.3) is 0 Å². The lowest BCUT2D eigenvalue weighted by Crippen LogP contribution is -2.48. The monoisotopic (exact) mass is 541 g/mol. The third kappa shape index (κ3) is 8.40. The predicted octanol–water partition coefficient (Wildman–Crippen LogP) is 4.79. The van der Waals surface area contributed by atoms with E-state index in [0.717, 1.165) is 18.2 Å². The molecule has 0 aliphatic rings. The molecule has 2 amide bonds. The van der Waals surface area contributed by atoms with Crippen molar-refractivity contribution in [2.45, 2.75) is 52.6 Å². The average Bonchev–Trinajstić information content (AvgIpc) is 2.79. The lowest BCUT2D eigenvalue weighted by Gasteiger charge is -2.30. The van der Waals surface area contributed by atoms with Crippen molar-refractivity contribution in [1.82, 2.24) is 10.2 Å². The minimum Gasteiger partial charge on any atom is -0.354 e. The number of anilines is 1. The van der Waals surface area contributed by atoms with Crippen LogP contribution in [0.4, 0.5) is 5.69 Å². The summed E-state index contributed by atoms with van der Waals surface area (Å²) in [6.07, 6.45) is 2.27. The molecule has 0 fully saturated rings. The highest BCUT2D eigenvalue weighted by Crippen LogP contribution is 2.25. The number of carbonyl (C=O) groups is 2. The van der Waals surface area contributed by atoms with Crippen LogP contribution in [-0.4, -0.2) is 50.5 Å². The van der Waals surface area contributed by atoms with E-state index in [1.54, 1.807) is 37.3 Å². The summed E-state index contributed by atoms with van der Waals surface area (Å²) >= 11 is 12.3. The van der Waals surface area contributed by atoms with E-state index in [-0.39, 0.29) is 37.7 Å². The van der Waals surface area contributed by atoms with E-state index in [4.69, 9.17) is 23.2 Å². The second-order valence-corrected chi connectivity index (χ2v) is 11.2. The van der Waals surface area contributed by atoms with Crippen LogP contribution in [0.2, 0.25) is 10.0 Å². The zero-order chi connectivity index (χ0) is 26.2. The summed E-state index contributed by atoms with van der Waals surface area (Å²) in [6, 6.07) is 11.5. The standard InChI is InChI=1S/C25H33Cl2N3O4S/c1-5-14-28-25(32)19(3)29(17-20-12-13-21(26)16-22(20)27)24(31)11-8-15-30(35(4,33)34)23-10-7-6-9-18(23)2/h6-7,9-10,12-13,16,19H,5,8,11,14-15,17H2,1-4H3,(H,28,32). The second-order valence-electron chi connectivity index (χ2n) is 8.45. The van der Waals surface area contributed by atoms with E-state index >= 15 is 0 Å². The molecule has 0 aliphatic heterocycles. The first-order valence-corrected chi connectivity index (χ1v) is 14.1. The van der Waals surface area contributed by atoms with Gasteiger partial charge in [-0.1, -0.05) is 54.4 Å². The van der Waals surface area contributed by atoms with Gasteiger partial charge >= 0.3 is 0 Å². The van der Waals surface area contributed by atoms with Gasteiger partial charge in [0, 0.05) is 36.1 Å². The normalized spacial score (nSPS) is 12.2. The molecule has 2 aromatic rings. The average molecular weight is 543 g/mol. The van der Waals surface area contributed by atoms with Crippen LogP contribution >= 0.6 is 23.2 Å². The van der Waals surface area contributed by atoms with Crippen molar-refractivity contribution in [3.63, 3.8) is 0 Å². The summed E-state index contributed by atoms with van der Waals surface area (Å²) in [4.78, 5) is 27.4. The van der Waals surface area contributed by atoms with Gasteiger partial charge < -0.3 is 10.2 Å². The Morgan fingerprint density at radius 2 is 1.80 bits per heavy atom. The van der Waals surface area contributed by atoms with E-state index in [1.165, 1.54) is 9.21 Å². The molecule has 0 saturated heterocycles. The van der Waals surface area contributed by atoms with Gasteiger partial charge in [0.15, 0.2) is 0 Å². The van der Waals surface area contributed by atoms with Gasteiger partial charge in [-0.05, 0) is 56.0 Å². The van der Waals surface area contributed by atoms with Crippen LogP contribution in [0.5, 0.6) is 0 Å². The summed E-state index contributed by atoms with van der Waals surface area (Å²) in [5, 5.41) is 3.70. The molecular weight excluding hydrogens is 509 g/mol. The van der Waals surface area contributed by atoms with Crippen LogP contribution < -0.4 is 9.62 Å². The van der Waals surface area contributed by atoms with Crippen molar-refractivity contribution in [3.05, 3.63) is 63.6 Å². The number of amides is 2. The van der Waals surface area contributed by atoms with Crippen molar-refractivity contribution < 1.29 is 18.0 Å². The molecule has 7 nitrogen and oxygen atoms in total. The SMILES string of the molecule is CCCNC(=O)C(C)N(Cc1ccc(Cl)cc1Cl)C(=O)CCCN(c1ccccc1C)S(C)(=O)=O. The number of halogens is 2. The molecule has 35 heavy (non-hydrogen) atoms. The smallest absolute Gasteiger partial charge is 0.242 e. The Morgan fingerprint density at radius 3 is 2.40 bits per heavy atom. The topological polar surface area (TPSA) is 86.8 Å². The maximum atomic E-state index is 13.3. The van der Waals surface area contributed by atoms with Crippen molar-refractivity contribution in [1.29, 1.82) is 0 Å². The van der Waals surface area contributed by atoms with Gasteiger partial charge in [0.05, 0.1) is 11.9 Å². The molecular formula is C25H33Cl2N3O4S. The second kappa shape index (κ2) is 13.1. The van der Waals surface area contributed by atoms with Crippen LogP contribution in [0.3, 0.4) is 0 Å². The van der Waals surface area contributed by atoms with Crippen molar-refractivity contribution in [2.24, 2.45) is 0 Å². The number of hydrogen-bond acceptors (Lipinski definition) is 4. The Labute approximate surface area is 218 Å². The molecule has 0 saturated carbocycles. The predicted molar refractivity (Wildman–Crippen MR) is 142 cm³/mol. The van der Waals surface area contributed by atoms with Gasteiger partial charge in [-0.15, -0.1) is 0 Å². The third-order valence-electron chi connectivity index (χ3n) is 5.61. The number of carbonyl (C=O) groups excluding carboxylic acids is 2. The van der Waals surface area contributed by atoms with Crippen molar-refractivity contribution >= 4 is 50.7 Å². The first-order chi connectivity index (χ1) is 16.5. The fourth-order valence-corrected chi connectivity index (χ4v) is 5.13. The number of hydrogen-bond donors (Lipinski definition) is 1. The van der Waals surface area contributed by atoms with Crippen LogP contribution in [0, 0.1) is 6.92 Å². The van der Waals surface area contributed by atoms with Gasteiger partial charge in [-0.25, -0.2) is 8.42 Å². The number of para-hydroxylation sites is 1. The Bertz CT molecular complexity index is 1140. The zero-order valence-corrected chi connectivity index (χ0v) is 22.9. The zero-order valence-electron chi connectivity index (χ0n) is 20.6. The molecule has 0 radical (unpaired) electrons. The Hall–Kier alpha value is -2.29. The summed E-state index contributed by atoms with van der Waals surface area (Å²) < 4.78 is 26.2. The molecule has 0 heterocycles. The van der Waals surface area contributed by atoms with E-state index in [2.05, 4.69) is 5.32 Å². The molecule has 0 spiro atoms. The number of benzene rings is 2. The highest BCUT2D eigenvalue weighted by atomic mass is 35.5. The van der Waals surface area contributed by atoms with Gasteiger partial charge in [0.2, 0.25) is 21.8 Å². The molecule has 2 aromatic carbocycles. The first-order valence-electron chi connectivity index (χ1n) is 11.5. The van der Waals surface area contributed by atoms with E-state index in [9.17, 15) is 18.0 Å². The minimum atomic E-state index is -3.54. The molecule has 10 heteroatoms. The fourth-order valence-electron chi connectivity index (χ4n) is 3.64. The Balaban J connectivity index is 2.20. The van der Waals surface area contributed by atoms with Crippen LogP contribution in [0.1, 0.15) is 44.2 Å². The number of rotatable bonds is 12. The fraction of sp³-hybridized carbons (Fsp3) is 0.440. The number of nitrogens with one attached hydrogen (secondary N) is 1. The van der Waals surface area contributed by atoms with Gasteiger partial charge in [-0.3, -0.25) is 13.9 Å². The summed E-state index contributed by atoms with van der Waals surface area (Å²) in [5.41, 5.74) is 2.07. The molecule has 1 atom stereocenters. The van der Waals surface area contributed by atoms with E-state index in [0.29, 0.717) is 27.8 Å². The minimum absolute atomic E-state index is 0.0640. The van der Waals surface area contributed by atoms with Crippen molar-refractivity contribution in [2.75, 3.05) is 23.7 Å². The highest BCUT2D eigenvalue weighted by molar-refractivity contribution is 7.92. The first kappa shape index (κ1) is 28.9. The third-order valence-corrected chi connectivity index (χ3v) is 7.38. The number of sulfonamides is 1. The number of nitrogens with zero attached hydrogens (tertiary/aromatic N) is 2. The molecule has 1 N–H and O–H groups in total. The lowest BCUT2D eigenvalue weighted by molar-refractivity contribution is -0.140. The Kier molecular flexibility index (Phi) is 10.9. The summed E-state index contributed by atoms with van der Waals surface area (Å²) in [6.45, 7) is 6.23. The van der Waals surface area contributed by atoms with Crippen LogP contribution in [0.25, 0.3) is 0 Å². The molecule has 2 rings (SSSR count). The van der Waals surface area contributed by atoms with Crippen molar-refractivity contribution in [3.8, 4) is 0 Å². The van der Waals surface area contributed by atoms with Crippen LogP contribution in [0.15, 0.2) is 42.5 Å². The molecule has 0 aromatic heterocycles. The summed E-state index contributed by atoms with van der Waals surface area (Å²) in [7, 11) is -3.54. The maximum Gasteiger partial charge on any atom is 0.242 e. The summed E-state index contributed by atoms with van der Waals surface area (Å²) in [5.74, 6) is -0.531. The molecule has 1 unspecified atom stereocenters. The molecule has 0 bridgehead atoms. The van der Waals surface area contributed by atoms with E-state index < -0.39 is 16.1 Å². The van der Waals surface area contributed by atoms with E-state index in [1.807, 2.05) is 26.0 Å². The van der Waals surface area contributed by atoms with Gasteiger partial charge in [0.1, 0.15) is 6.04 Å². The quantitative estimate of drug-likeness (QED) is 0.418. The van der Waals surface area contributed by atoms with Crippen LogP contribution in [-0.2, 0) is 26.2 Å². The maximum absolute atomic E-state index is 13.3. The number of aryl methyl sites for hydroxylation is 1. The largest absolute Gasteiger partial charge is 0.354 e. The lowest BCUT2D eigenvalue weighted by atomic mass is 10.1. The molecule has 192 valence electrons. The highest BCUT2D eigenvalue weighted by Gasteiger charge is 2.27. The molecule has 0 aliphatic carbocycles.